The molecule has 6 rings (SSSR count). The van der Waals surface area contributed by atoms with Gasteiger partial charge in [-0.15, -0.1) is 0 Å². The normalized spacial score (nSPS) is 18.7. The summed E-state index contributed by atoms with van der Waals surface area (Å²) in [7, 11) is 17.1. The molecule has 2 aliphatic rings. The minimum absolute atomic E-state index is 0.0920. The van der Waals surface area contributed by atoms with Crippen molar-refractivity contribution >= 4 is 35.1 Å². The van der Waals surface area contributed by atoms with Gasteiger partial charge in [0.2, 0.25) is 0 Å². The Hall–Kier alpha value is -1.96. The fourth-order valence-corrected chi connectivity index (χ4v) is 41.3. The molecule has 0 heterocycles. The summed E-state index contributed by atoms with van der Waals surface area (Å²) in [5.74, 6) is -0.776. The Morgan fingerprint density at radius 1 is 0.568 bits per heavy atom. The zero-order chi connectivity index (χ0) is 31.6. The average Bonchev–Trinajstić information content (AvgIpc) is 3.53. The Labute approximate surface area is 274 Å². The van der Waals surface area contributed by atoms with Crippen molar-refractivity contribution < 1.29 is 15.6 Å². The molecule has 0 saturated carbocycles. The summed E-state index contributed by atoms with van der Waals surface area (Å²) >= 11 is -4.76. The van der Waals surface area contributed by atoms with Crippen LogP contribution in [0.5, 0.6) is 0 Å². The van der Waals surface area contributed by atoms with E-state index in [1.54, 1.807) is 0 Å². The number of rotatable bonds is 7. The summed E-state index contributed by atoms with van der Waals surface area (Å²) in [6, 6.07) is 31.3. The van der Waals surface area contributed by atoms with Crippen molar-refractivity contribution in [3.05, 3.63) is 129 Å². The van der Waals surface area contributed by atoms with Crippen molar-refractivity contribution in [3.8, 4) is 22.3 Å². The molecule has 0 saturated heterocycles. The molecular formula is C40H45Cl2SiZr. The van der Waals surface area contributed by atoms with E-state index in [9.17, 15) is 0 Å². The predicted octanol–water partition coefficient (Wildman–Crippen LogP) is 12.9. The molecule has 0 amide bonds. The molecule has 0 spiro atoms. The molecule has 2 aliphatic carbocycles. The van der Waals surface area contributed by atoms with Gasteiger partial charge < -0.3 is 0 Å². The van der Waals surface area contributed by atoms with Crippen LogP contribution in [-0.2, 0) is 15.6 Å². The van der Waals surface area contributed by atoms with Crippen LogP contribution in [0.25, 0.3) is 34.4 Å². The number of hydrogen-bond donors (Lipinski definition) is 0. The zero-order valence-corrected chi connectivity index (χ0v) is 32.5. The summed E-state index contributed by atoms with van der Waals surface area (Å²) in [5, 5.41) is 0. The Balaban J connectivity index is 1.61. The monoisotopic (exact) mass is 713 g/mol. The Morgan fingerprint density at radius 2 is 0.932 bits per heavy atom. The molecule has 2 atom stereocenters. The van der Waals surface area contributed by atoms with Gasteiger partial charge in [-0.3, -0.25) is 0 Å². The number of allylic oxidation sites excluding steroid dienone is 2. The molecule has 0 N–H and O–H groups in total. The van der Waals surface area contributed by atoms with Crippen molar-refractivity contribution in [1.29, 1.82) is 0 Å². The van der Waals surface area contributed by atoms with Gasteiger partial charge in [-0.1, -0.05) is 0 Å². The molecule has 2 unspecified atom stereocenters. The van der Waals surface area contributed by atoms with Crippen LogP contribution in [-0.4, -0.2) is 5.92 Å². The van der Waals surface area contributed by atoms with E-state index in [0.29, 0.717) is 11.8 Å². The van der Waals surface area contributed by atoms with Crippen LogP contribution in [0.15, 0.2) is 96.1 Å². The maximum atomic E-state index is 8.54. The van der Waals surface area contributed by atoms with Gasteiger partial charge in [-0.2, -0.15) is 0 Å². The van der Waals surface area contributed by atoms with E-state index < -0.39 is 21.5 Å². The first-order chi connectivity index (χ1) is 20.9. The Bertz CT molecular complexity index is 1670. The molecule has 227 valence electrons. The minimum atomic E-state index is -4.76. The van der Waals surface area contributed by atoms with Crippen molar-refractivity contribution in [3.63, 3.8) is 0 Å². The van der Waals surface area contributed by atoms with E-state index in [-0.39, 0.29) is 7.25 Å². The molecule has 0 aromatic heterocycles. The number of hydrogen-bond acceptors (Lipinski definition) is 0. The van der Waals surface area contributed by atoms with Crippen LogP contribution in [0.1, 0.15) is 94.0 Å². The summed E-state index contributed by atoms with van der Waals surface area (Å²) in [5.41, 5.74) is 16.1. The molecule has 0 radical (unpaired) electrons. The molecule has 0 aliphatic heterocycles. The van der Waals surface area contributed by atoms with Gasteiger partial charge in [0.25, 0.3) is 0 Å². The standard InChI is InChI=1S/2C19H19.C2H7Si.2ClH.Zr/c2*1-13(2)17-10-9-16-11-14(3)12-18(16)19(17)15-7-5-4-6-8-15;1-3-2;;;/h2*4-13H,1-3H3;3H,1-2H3;2*1H;/q;;;;;+2/p-2. The van der Waals surface area contributed by atoms with E-state index >= 15 is 0 Å². The Kier molecular flexibility index (Phi) is 8.50. The molecule has 4 aromatic rings. The van der Waals surface area contributed by atoms with Crippen molar-refractivity contribution in [2.75, 3.05) is 0 Å². The summed E-state index contributed by atoms with van der Waals surface area (Å²) in [6.07, 6.45) is 4.88. The van der Waals surface area contributed by atoms with Crippen molar-refractivity contribution in [2.24, 2.45) is 0 Å². The van der Waals surface area contributed by atoms with E-state index in [1.807, 2.05) is 0 Å². The second-order valence-electron chi connectivity index (χ2n) is 14.1. The molecule has 4 aromatic carbocycles. The second kappa shape index (κ2) is 11.7. The fourth-order valence-electron chi connectivity index (χ4n) is 8.35. The van der Waals surface area contributed by atoms with Crippen LogP contribution in [0.2, 0.25) is 13.1 Å². The third kappa shape index (κ3) is 4.86. The SMILES string of the molecule is CC1=Cc2c(ccc(C(C)C)c2-c2ccccc2)[CH]1[Zr]([Cl])([Cl])([CH]1C(C)=Cc2c1ccc(C(C)C)c2-c1ccccc1)[SiH](C)C. The maximum absolute atomic E-state index is 8.54. The molecule has 44 heavy (non-hydrogen) atoms. The van der Waals surface area contributed by atoms with Crippen LogP contribution in [0.3, 0.4) is 0 Å². The van der Waals surface area contributed by atoms with Crippen molar-refractivity contribution in [2.45, 2.75) is 73.7 Å². The molecule has 4 heteroatoms. The van der Waals surface area contributed by atoms with E-state index in [0.717, 1.165) is 0 Å². The van der Waals surface area contributed by atoms with Crippen LogP contribution in [0, 0.1) is 0 Å². The van der Waals surface area contributed by atoms with Gasteiger partial charge in [-0.05, 0) is 0 Å². The van der Waals surface area contributed by atoms with Gasteiger partial charge in [-0.25, -0.2) is 0 Å². The van der Waals surface area contributed by atoms with Gasteiger partial charge in [0, 0.05) is 0 Å². The van der Waals surface area contributed by atoms with E-state index in [1.165, 1.54) is 66.8 Å². The second-order valence-corrected chi connectivity index (χ2v) is 56.6. The summed E-state index contributed by atoms with van der Waals surface area (Å²) in [6.45, 7) is 18.7. The third-order valence-electron chi connectivity index (χ3n) is 10.5. The van der Waals surface area contributed by atoms with Crippen molar-refractivity contribution in [1.82, 2.24) is 0 Å². The van der Waals surface area contributed by atoms with Gasteiger partial charge in [0.15, 0.2) is 0 Å². The van der Waals surface area contributed by atoms with Crippen LogP contribution >= 0.6 is 17.0 Å². The van der Waals surface area contributed by atoms with Gasteiger partial charge in [0.1, 0.15) is 0 Å². The Morgan fingerprint density at radius 3 is 1.25 bits per heavy atom. The quantitative estimate of drug-likeness (QED) is 0.167. The zero-order valence-electron chi connectivity index (χ0n) is 27.4. The first-order valence-corrected chi connectivity index (χ1v) is 32.6. The van der Waals surface area contributed by atoms with Crippen LogP contribution in [0.4, 0.5) is 0 Å². The molecule has 0 nitrogen and oxygen atoms in total. The number of halogens is 2. The molecular weight excluding hydrogens is 671 g/mol. The predicted molar refractivity (Wildman–Crippen MR) is 195 cm³/mol. The van der Waals surface area contributed by atoms with E-state index in [4.69, 9.17) is 17.0 Å². The topological polar surface area (TPSA) is 0 Å². The van der Waals surface area contributed by atoms with Crippen LogP contribution < -0.4 is 0 Å². The van der Waals surface area contributed by atoms with Gasteiger partial charge in [0.05, 0.1) is 0 Å². The molecule has 0 bridgehead atoms. The first kappa shape index (κ1) is 32.0. The summed E-state index contributed by atoms with van der Waals surface area (Å²) in [4.78, 5) is 0. The number of fused-ring (bicyclic) bond motifs is 2. The van der Waals surface area contributed by atoms with Gasteiger partial charge >= 0.3 is 276 Å². The first-order valence-electron chi connectivity index (χ1n) is 16.2. The van der Waals surface area contributed by atoms with E-state index in [2.05, 4.69) is 152 Å². The molecule has 0 fully saturated rings. The fraction of sp³-hybridized carbons (Fsp3) is 0.300. The third-order valence-corrected chi connectivity index (χ3v) is 62.7. The average molecular weight is 716 g/mol. The summed E-state index contributed by atoms with van der Waals surface area (Å²) < 4.78 is 0.184. The number of benzene rings is 4.